The van der Waals surface area contributed by atoms with Crippen LogP contribution in [-0.2, 0) is 14.4 Å². The number of carbonyl (C=O) groups is 3. The Morgan fingerprint density at radius 1 is 0.763 bits per heavy atom. The van der Waals surface area contributed by atoms with Gasteiger partial charge in [0.15, 0.2) is 0 Å². The van der Waals surface area contributed by atoms with Crippen LogP contribution in [-0.4, -0.2) is 24.9 Å². The molecule has 4 aromatic rings. The maximum atomic E-state index is 14.0. The summed E-state index contributed by atoms with van der Waals surface area (Å²) in [5.41, 5.74) is 2.91. The second-order valence-corrected chi connectivity index (χ2v) is 9.88. The van der Waals surface area contributed by atoms with E-state index in [1.54, 1.807) is 31.4 Å². The van der Waals surface area contributed by atoms with Crippen molar-refractivity contribution in [1.29, 1.82) is 0 Å². The number of ether oxygens (including phenoxy) is 2. The summed E-state index contributed by atoms with van der Waals surface area (Å²) in [7, 11) is 1.56. The smallest absolute Gasteiger partial charge is 0.319 e. The maximum absolute atomic E-state index is 14.0. The van der Waals surface area contributed by atoms with Crippen LogP contribution in [0.4, 0.5) is 5.69 Å². The van der Waals surface area contributed by atoms with Gasteiger partial charge in [-0.2, -0.15) is 0 Å². The fourth-order valence-electron chi connectivity index (χ4n) is 6.27. The molecule has 2 amide bonds. The molecule has 0 spiro atoms. The number of allylic oxidation sites excluding steroid dienone is 1. The lowest BCUT2D eigenvalue weighted by Crippen LogP contribution is -2.42. The Hall–Kier alpha value is -4.71. The van der Waals surface area contributed by atoms with Gasteiger partial charge in [-0.25, -0.2) is 4.90 Å². The first kappa shape index (κ1) is 22.5. The molecule has 0 N–H and O–H groups in total. The van der Waals surface area contributed by atoms with Crippen molar-refractivity contribution < 1.29 is 23.9 Å². The van der Waals surface area contributed by atoms with Crippen molar-refractivity contribution in [3.63, 3.8) is 0 Å². The van der Waals surface area contributed by atoms with Gasteiger partial charge in [0.25, 0.3) is 0 Å². The van der Waals surface area contributed by atoms with E-state index in [9.17, 15) is 14.4 Å². The molecule has 1 aliphatic carbocycles. The summed E-state index contributed by atoms with van der Waals surface area (Å²) in [5, 5.41) is 1.80. The Bertz CT molecular complexity index is 1660. The molecule has 2 heterocycles. The molecule has 6 nitrogen and oxygen atoms in total. The van der Waals surface area contributed by atoms with Crippen LogP contribution >= 0.6 is 0 Å². The third-order valence-electron chi connectivity index (χ3n) is 8.00. The van der Waals surface area contributed by atoms with Gasteiger partial charge in [0.1, 0.15) is 11.5 Å². The summed E-state index contributed by atoms with van der Waals surface area (Å²) < 4.78 is 11.2. The number of methoxy groups -OCH3 is 1. The van der Waals surface area contributed by atoms with Crippen molar-refractivity contribution in [2.45, 2.75) is 5.92 Å². The van der Waals surface area contributed by atoms with Gasteiger partial charge in [0, 0.05) is 16.9 Å². The first-order chi connectivity index (χ1) is 18.6. The molecule has 1 saturated heterocycles. The number of amides is 2. The number of benzene rings is 4. The molecule has 186 valence electrons. The zero-order valence-corrected chi connectivity index (χ0v) is 20.5. The first-order valence-corrected chi connectivity index (χ1v) is 12.6. The van der Waals surface area contributed by atoms with Crippen LogP contribution in [0.2, 0.25) is 0 Å². The van der Waals surface area contributed by atoms with Crippen LogP contribution < -0.4 is 14.4 Å². The third kappa shape index (κ3) is 3.16. The second kappa shape index (κ2) is 8.42. The molecule has 0 unspecified atom stereocenters. The second-order valence-electron chi connectivity index (χ2n) is 9.88. The normalized spacial score (nSPS) is 23.9. The number of hydrogen-bond acceptors (Lipinski definition) is 5. The molecule has 0 bridgehead atoms. The summed E-state index contributed by atoms with van der Waals surface area (Å²) in [6, 6.07) is 28.2. The van der Waals surface area contributed by atoms with Gasteiger partial charge in [-0.05, 0) is 40.8 Å². The van der Waals surface area contributed by atoms with Gasteiger partial charge >= 0.3 is 5.97 Å². The molecular formula is C32H23NO5. The lowest BCUT2D eigenvalue weighted by Gasteiger charge is -2.38. The van der Waals surface area contributed by atoms with Crippen LogP contribution in [0.25, 0.3) is 16.3 Å². The van der Waals surface area contributed by atoms with Crippen molar-refractivity contribution in [2.24, 2.45) is 17.8 Å². The minimum absolute atomic E-state index is 0.313. The molecule has 0 radical (unpaired) electrons. The highest BCUT2D eigenvalue weighted by molar-refractivity contribution is 6.24. The number of esters is 1. The lowest BCUT2D eigenvalue weighted by molar-refractivity contribution is -0.142. The quantitative estimate of drug-likeness (QED) is 0.214. The van der Waals surface area contributed by atoms with Crippen LogP contribution in [0.1, 0.15) is 17.0 Å². The van der Waals surface area contributed by atoms with E-state index in [1.807, 2.05) is 72.8 Å². The van der Waals surface area contributed by atoms with Crippen LogP contribution in [0.3, 0.4) is 0 Å². The Labute approximate surface area is 219 Å². The number of anilines is 1. The molecule has 6 heteroatoms. The summed E-state index contributed by atoms with van der Waals surface area (Å²) >= 11 is 0. The van der Waals surface area contributed by atoms with Gasteiger partial charge in [-0.3, -0.25) is 14.4 Å². The van der Waals surface area contributed by atoms with E-state index in [0.717, 1.165) is 27.5 Å². The van der Waals surface area contributed by atoms with Crippen LogP contribution in [0.5, 0.6) is 11.5 Å². The van der Waals surface area contributed by atoms with E-state index in [0.29, 0.717) is 17.2 Å². The van der Waals surface area contributed by atoms with Crippen molar-refractivity contribution in [2.75, 3.05) is 12.0 Å². The Balaban J connectivity index is 1.42. The van der Waals surface area contributed by atoms with E-state index in [2.05, 4.69) is 0 Å². The average molecular weight is 502 g/mol. The molecule has 3 aliphatic rings. The zero-order valence-electron chi connectivity index (χ0n) is 20.5. The fourth-order valence-corrected chi connectivity index (χ4v) is 6.27. The molecule has 0 saturated carbocycles. The minimum Gasteiger partial charge on any atom is -0.497 e. The number of hydrogen-bond donors (Lipinski definition) is 0. The topological polar surface area (TPSA) is 72.9 Å². The van der Waals surface area contributed by atoms with Crippen molar-refractivity contribution >= 4 is 39.8 Å². The number of fused-ring (bicyclic) bond motifs is 7. The van der Waals surface area contributed by atoms with Gasteiger partial charge in [-0.1, -0.05) is 72.8 Å². The van der Waals surface area contributed by atoms with Crippen molar-refractivity contribution in [3.05, 3.63) is 108 Å². The van der Waals surface area contributed by atoms with E-state index in [-0.39, 0.29) is 17.7 Å². The highest BCUT2D eigenvalue weighted by atomic mass is 16.5. The molecule has 38 heavy (non-hydrogen) atoms. The fraction of sp³-hybridized carbons (Fsp3) is 0.156. The molecule has 4 atom stereocenters. The van der Waals surface area contributed by atoms with Gasteiger partial charge in [0.05, 0.1) is 30.6 Å². The maximum Gasteiger partial charge on any atom is 0.319 e. The van der Waals surface area contributed by atoms with E-state index in [1.165, 1.54) is 4.90 Å². The number of imide groups is 1. The van der Waals surface area contributed by atoms with Gasteiger partial charge < -0.3 is 9.47 Å². The van der Waals surface area contributed by atoms with Crippen molar-refractivity contribution in [3.8, 4) is 11.5 Å². The SMILES string of the molecule is COc1ccc(N2C(=O)[C@@H]3[C@@H]4C(=O)Oc5c(ccc6ccccc56)C4=C[C@H](c4ccccc4)[C@@H]3C2=O)cc1. The molecule has 4 aromatic carbocycles. The van der Waals surface area contributed by atoms with E-state index >= 15 is 0 Å². The predicted octanol–water partition coefficient (Wildman–Crippen LogP) is 5.37. The van der Waals surface area contributed by atoms with Gasteiger partial charge in [-0.15, -0.1) is 0 Å². The number of rotatable bonds is 3. The Kier molecular flexibility index (Phi) is 4.98. The average Bonchev–Trinajstić information content (AvgIpc) is 3.22. The Morgan fingerprint density at radius 2 is 1.47 bits per heavy atom. The summed E-state index contributed by atoms with van der Waals surface area (Å²) in [4.78, 5) is 42.9. The number of nitrogens with zero attached hydrogens (tertiary/aromatic N) is 1. The predicted molar refractivity (Wildman–Crippen MR) is 143 cm³/mol. The molecule has 0 aromatic heterocycles. The van der Waals surface area contributed by atoms with E-state index in [4.69, 9.17) is 9.47 Å². The lowest BCUT2D eigenvalue weighted by atomic mass is 9.64. The minimum atomic E-state index is -0.873. The van der Waals surface area contributed by atoms with Gasteiger partial charge in [0.2, 0.25) is 11.8 Å². The zero-order chi connectivity index (χ0) is 26.0. The van der Waals surface area contributed by atoms with Crippen molar-refractivity contribution in [1.82, 2.24) is 0 Å². The highest BCUT2D eigenvalue weighted by Gasteiger charge is 2.60. The summed E-state index contributed by atoms with van der Waals surface area (Å²) in [6.45, 7) is 0. The number of carbonyl (C=O) groups excluding carboxylic acids is 3. The molecule has 1 fully saturated rings. The summed E-state index contributed by atoms with van der Waals surface area (Å²) in [5.74, 6) is -2.92. The van der Waals surface area contributed by atoms with Crippen LogP contribution in [0.15, 0.2) is 97.1 Å². The summed E-state index contributed by atoms with van der Waals surface area (Å²) in [6.07, 6.45) is 2.01. The first-order valence-electron chi connectivity index (χ1n) is 12.6. The third-order valence-corrected chi connectivity index (χ3v) is 8.00. The molecule has 7 rings (SSSR count). The molecular weight excluding hydrogens is 478 g/mol. The monoisotopic (exact) mass is 501 g/mol. The molecule has 2 aliphatic heterocycles. The highest BCUT2D eigenvalue weighted by Crippen LogP contribution is 2.55. The Morgan fingerprint density at radius 3 is 2.24 bits per heavy atom. The standard InChI is InChI=1S/C32H23NO5/c1-37-21-14-12-20(13-15-21)33-30(34)26-24(18-7-3-2-4-8-18)17-25-23-16-11-19-9-5-6-10-22(19)29(23)38-32(36)27(25)28(26)31(33)35/h2-17,24,26-28H,1H3/t24-,26+,27-,28+/m1/s1. The largest absolute Gasteiger partial charge is 0.497 e. The van der Waals surface area contributed by atoms with E-state index < -0.39 is 23.7 Å². The van der Waals surface area contributed by atoms with Crippen LogP contribution in [0, 0.1) is 17.8 Å².